The number of carboxylic acid groups (broad SMARTS) is 2. The van der Waals surface area contributed by atoms with E-state index in [4.69, 9.17) is 5.11 Å². The molecule has 4 rings (SSSR count). The second-order valence-electron chi connectivity index (χ2n) is 7.61. The number of anilines is 2. The Kier molecular flexibility index (Phi) is 9.29. The number of urea groups is 1. The zero-order chi connectivity index (χ0) is 26.5. The van der Waals surface area contributed by atoms with Crippen LogP contribution >= 0.6 is 11.3 Å². The van der Waals surface area contributed by atoms with Gasteiger partial charge in [-0.3, -0.25) is 15.1 Å². The van der Waals surface area contributed by atoms with E-state index < -0.39 is 36.2 Å². The average molecular weight is 533 g/mol. The number of carbonyl (C=O) groups is 3. The monoisotopic (exact) mass is 533 g/mol. The molecule has 3 aromatic heterocycles. The Morgan fingerprint density at radius 1 is 1.13 bits per heavy atom. The molecule has 0 fully saturated rings. The first-order valence-electron chi connectivity index (χ1n) is 10.9. The van der Waals surface area contributed by atoms with Crippen LogP contribution in [0.5, 0.6) is 0 Å². The summed E-state index contributed by atoms with van der Waals surface area (Å²) in [5.41, 5.74) is 1.51. The molecule has 38 heavy (non-hydrogen) atoms. The number of aromatic nitrogens is 4. The molecule has 0 saturated heterocycles. The van der Waals surface area contributed by atoms with Gasteiger partial charge in [-0.05, 0) is 25.1 Å². The molecular formula is C23H21FLiN7O5S. The van der Waals surface area contributed by atoms with Crippen molar-refractivity contribution in [3.8, 4) is 22.4 Å². The number of rotatable bonds is 9. The van der Waals surface area contributed by atoms with Crippen LogP contribution in [-0.2, 0) is 9.59 Å². The number of aliphatic carboxylic acids is 2. The first kappa shape index (κ1) is 28.4. The van der Waals surface area contributed by atoms with Crippen molar-refractivity contribution in [2.45, 2.75) is 19.4 Å². The van der Waals surface area contributed by atoms with Gasteiger partial charge in [-0.25, -0.2) is 28.9 Å². The topological polar surface area (TPSA) is 179 Å². The third-order valence-corrected chi connectivity index (χ3v) is 6.05. The number of nitrogens with zero attached hydrogens (tertiary/aromatic N) is 4. The Morgan fingerprint density at radius 2 is 1.87 bits per heavy atom. The number of amides is 2. The maximum Gasteiger partial charge on any atom is 1.00 e. The van der Waals surface area contributed by atoms with Crippen molar-refractivity contribution in [3.05, 3.63) is 48.7 Å². The summed E-state index contributed by atoms with van der Waals surface area (Å²) in [4.78, 5) is 50.9. The third kappa shape index (κ3) is 6.41. The summed E-state index contributed by atoms with van der Waals surface area (Å²) in [6.45, 7) is 2.17. The van der Waals surface area contributed by atoms with Crippen LogP contribution in [0.4, 0.5) is 20.3 Å². The summed E-state index contributed by atoms with van der Waals surface area (Å²) in [6, 6.07) is 4.94. The molecule has 0 bridgehead atoms. The number of fused-ring (bicyclic) bond motifs is 1. The summed E-state index contributed by atoms with van der Waals surface area (Å²) >= 11 is 1.10. The van der Waals surface area contributed by atoms with E-state index in [0.29, 0.717) is 22.5 Å². The molecule has 0 saturated carbocycles. The van der Waals surface area contributed by atoms with E-state index in [1.165, 1.54) is 12.4 Å². The Morgan fingerprint density at radius 3 is 2.47 bits per heavy atom. The molecule has 0 radical (unpaired) electrons. The van der Waals surface area contributed by atoms with Crippen molar-refractivity contribution in [2.75, 3.05) is 17.2 Å². The maximum absolute atomic E-state index is 15.7. The second-order valence-corrected chi connectivity index (χ2v) is 8.61. The van der Waals surface area contributed by atoms with Gasteiger partial charge in [0.1, 0.15) is 11.6 Å². The van der Waals surface area contributed by atoms with Crippen LogP contribution in [0.2, 0.25) is 0 Å². The normalized spacial score (nSPS) is 11.3. The Hall–Kier alpha value is -4.12. The number of thiazole rings is 1. The van der Waals surface area contributed by atoms with Crippen LogP contribution in [0.1, 0.15) is 14.8 Å². The van der Waals surface area contributed by atoms with Gasteiger partial charge >= 0.3 is 36.8 Å². The zero-order valence-corrected chi connectivity index (χ0v) is 21.0. The summed E-state index contributed by atoms with van der Waals surface area (Å²) < 4.78 is 16.2. The molecule has 1 aromatic carbocycles. The van der Waals surface area contributed by atoms with Gasteiger partial charge in [0.25, 0.3) is 0 Å². The van der Waals surface area contributed by atoms with Crippen LogP contribution in [0.25, 0.3) is 32.6 Å². The molecule has 15 heteroatoms. The Labute approximate surface area is 232 Å². The van der Waals surface area contributed by atoms with E-state index in [2.05, 4.69) is 35.9 Å². The summed E-state index contributed by atoms with van der Waals surface area (Å²) in [7, 11) is 0. The fraction of sp³-hybridized carbons (Fsp3) is 0.174. The minimum Gasteiger partial charge on any atom is -1.00 e. The fourth-order valence-electron chi connectivity index (χ4n) is 3.40. The van der Waals surface area contributed by atoms with E-state index in [9.17, 15) is 19.5 Å². The summed E-state index contributed by atoms with van der Waals surface area (Å²) in [6.07, 6.45) is 3.47. The van der Waals surface area contributed by atoms with Gasteiger partial charge in [-0.15, -0.1) is 0 Å². The van der Waals surface area contributed by atoms with Crippen LogP contribution in [-0.4, -0.2) is 60.7 Å². The number of pyridine rings is 1. The number of hydrogen-bond donors (Lipinski definition) is 5. The van der Waals surface area contributed by atoms with Gasteiger partial charge in [0, 0.05) is 41.8 Å². The minimum atomic E-state index is -1.45. The number of benzene rings is 1. The predicted octanol–water partition coefficient (Wildman–Crippen LogP) is 0.552. The quantitative estimate of drug-likeness (QED) is 0.191. The van der Waals surface area contributed by atoms with E-state index >= 15 is 4.39 Å². The number of hydrogen-bond acceptors (Lipinski definition) is 9. The van der Waals surface area contributed by atoms with Crippen LogP contribution in [0.15, 0.2) is 42.9 Å². The molecule has 192 valence electrons. The first-order valence-corrected chi connectivity index (χ1v) is 11.7. The van der Waals surface area contributed by atoms with Crippen molar-refractivity contribution in [2.24, 2.45) is 0 Å². The molecule has 4 aromatic rings. The van der Waals surface area contributed by atoms with E-state index in [1.54, 1.807) is 37.4 Å². The fourth-order valence-corrected chi connectivity index (χ4v) is 4.38. The number of halogens is 1. The van der Waals surface area contributed by atoms with Gasteiger partial charge in [-0.2, -0.15) is 0 Å². The molecule has 3 heterocycles. The second kappa shape index (κ2) is 12.4. The van der Waals surface area contributed by atoms with Crippen LogP contribution in [0, 0.1) is 5.82 Å². The number of nitrogens with one attached hydrogen (secondary N) is 3. The van der Waals surface area contributed by atoms with Crippen molar-refractivity contribution < 1.29 is 49.3 Å². The number of carboxylic acids is 2. The SMILES string of the molecule is CCNC(=O)Nc1nc2c(F)c(-c3cnc(NC(CC(=O)O)C(=O)O)nc3)cc(-c3ccccn3)c2s1.[H-].[Li+]. The van der Waals surface area contributed by atoms with Crippen molar-refractivity contribution in [1.82, 2.24) is 25.3 Å². The molecule has 0 spiro atoms. The minimum absolute atomic E-state index is 0. The van der Waals surface area contributed by atoms with E-state index in [0.717, 1.165) is 11.3 Å². The van der Waals surface area contributed by atoms with E-state index in [1.807, 2.05) is 0 Å². The van der Waals surface area contributed by atoms with Crippen molar-refractivity contribution in [3.63, 3.8) is 0 Å². The standard InChI is InChI=1S/C23H20FN7O5S.Li.H/c1-2-25-22(36)31-23-30-18-17(24)12(7-13(19(18)37-23)14-5-3-4-6-26-14)11-9-27-21(28-10-11)29-15(20(34)35)8-16(32)33;;/h3-7,9-10,15H,2,8H2,1H3,(H,32,33)(H,34,35)(H,27,28,29)(H2,25,30,31,36);;/q;+1;-1. The van der Waals surface area contributed by atoms with Gasteiger partial charge in [0.05, 0.1) is 16.8 Å². The third-order valence-electron chi connectivity index (χ3n) is 5.05. The molecule has 0 aliphatic carbocycles. The van der Waals surface area contributed by atoms with Gasteiger partial charge in [0.15, 0.2) is 10.9 Å². The van der Waals surface area contributed by atoms with Gasteiger partial charge < -0.3 is 22.3 Å². The van der Waals surface area contributed by atoms with Crippen molar-refractivity contribution in [1.29, 1.82) is 0 Å². The molecule has 1 unspecified atom stereocenters. The Balaban J connectivity index is 0.00000267. The first-order chi connectivity index (χ1) is 17.8. The molecule has 5 N–H and O–H groups in total. The molecule has 1 atom stereocenters. The molecular weight excluding hydrogens is 512 g/mol. The zero-order valence-electron chi connectivity index (χ0n) is 21.2. The molecule has 2 amide bonds. The maximum atomic E-state index is 15.7. The Bertz CT molecular complexity index is 1480. The van der Waals surface area contributed by atoms with Crippen LogP contribution < -0.4 is 34.8 Å². The predicted molar refractivity (Wildman–Crippen MR) is 135 cm³/mol. The van der Waals surface area contributed by atoms with Crippen LogP contribution in [0.3, 0.4) is 0 Å². The smallest absolute Gasteiger partial charge is 1.00 e. The average Bonchev–Trinajstić information content (AvgIpc) is 3.29. The molecule has 12 nitrogen and oxygen atoms in total. The molecule has 0 aliphatic heterocycles. The van der Waals surface area contributed by atoms with E-state index in [-0.39, 0.29) is 48.0 Å². The van der Waals surface area contributed by atoms with Gasteiger partial charge in [0.2, 0.25) is 5.95 Å². The van der Waals surface area contributed by atoms with Crippen molar-refractivity contribution >= 4 is 50.6 Å². The summed E-state index contributed by atoms with van der Waals surface area (Å²) in [5, 5.41) is 25.9. The largest absolute Gasteiger partial charge is 1.00 e. The number of carbonyl (C=O) groups excluding carboxylic acids is 1. The molecule has 0 aliphatic rings. The summed E-state index contributed by atoms with van der Waals surface area (Å²) in [5.74, 6) is -3.50. The van der Waals surface area contributed by atoms with Gasteiger partial charge in [-0.1, -0.05) is 17.4 Å².